The van der Waals surface area contributed by atoms with Gasteiger partial charge in [0.15, 0.2) is 11.5 Å². The van der Waals surface area contributed by atoms with Crippen LogP contribution in [-0.4, -0.2) is 11.9 Å². The Hall–Kier alpha value is -3.28. The lowest BCUT2D eigenvalue weighted by atomic mass is 10.1. The van der Waals surface area contributed by atoms with Crippen LogP contribution in [0.25, 0.3) is 11.1 Å². The third-order valence-corrected chi connectivity index (χ3v) is 6.39. The van der Waals surface area contributed by atoms with Crippen LogP contribution in [0.15, 0.2) is 58.1 Å². The van der Waals surface area contributed by atoms with E-state index < -0.39 is 22.8 Å². The molecule has 0 radical (unpaired) electrons. The van der Waals surface area contributed by atoms with Crippen LogP contribution in [0.1, 0.15) is 104 Å². The monoisotopic (exact) mass is 522 g/mol. The van der Waals surface area contributed by atoms with Crippen molar-refractivity contribution in [3.05, 3.63) is 69.0 Å². The van der Waals surface area contributed by atoms with Gasteiger partial charge in [0.2, 0.25) is 10.9 Å². The Labute approximate surface area is 226 Å². The molecule has 0 atom stereocenters. The highest BCUT2D eigenvalue weighted by Crippen LogP contribution is 2.20. The Balaban J connectivity index is 1.98. The molecule has 0 saturated heterocycles. The molecule has 0 bridgehead atoms. The van der Waals surface area contributed by atoms with E-state index in [1.165, 1.54) is 62.8 Å². The van der Waals surface area contributed by atoms with Gasteiger partial charge in [-0.05, 0) is 48.2 Å². The molecule has 0 spiro atoms. The molecule has 0 N–H and O–H groups in total. The van der Waals surface area contributed by atoms with E-state index in [1.54, 1.807) is 24.3 Å². The molecule has 0 heterocycles. The number of hydrogen-bond acceptors (Lipinski definition) is 6. The molecule has 2 aromatic carbocycles. The van der Waals surface area contributed by atoms with Crippen molar-refractivity contribution in [1.29, 1.82) is 0 Å². The summed E-state index contributed by atoms with van der Waals surface area (Å²) in [6.45, 7) is 4.32. The molecule has 0 saturated carbocycles. The zero-order valence-corrected chi connectivity index (χ0v) is 23.0. The van der Waals surface area contributed by atoms with Gasteiger partial charge in [-0.3, -0.25) is 19.2 Å². The molecule has 0 unspecified atom stereocenters. The minimum absolute atomic E-state index is 0.0265. The van der Waals surface area contributed by atoms with Gasteiger partial charge in [0.05, 0.1) is 0 Å². The normalized spacial score (nSPS) is 10.7. The van der Waals surface area contributed by atoms with Gasteiger partial charge in [-0.25, -0.2) is 0 Å². The zero-order valence-electron chi connectivity index (χ0n) is 23.0. The number of unbranched alkanes of at least 4 members (excludes halogenated alkanes) is 10. The van der Waals surface area contributed by atoms with E-state index in [4.69, 9.17) is 9.47 Å². The lowest BCUT2D eigenvalue weighted by molar-refractivity contribution is -0.135. The van der Waals surface area contributed by atoms with E-state index in [-0.39, 0.29) is 24.3 Å². The summed E-state index contributed by atoms with van der Waals surface area (Å²) in [7, 11) is 0. The van der Waals surface area contributed by atoms with Crippen molar-refractivity contribution < 1.29 is 19.1 Å². The van der Waals surface area contributed by atoms with Crippen molar-refractivity contribution in [2.45, 2.75) is 104 Å². The first kappa shape index (κ1) is 30.9. The van der Waals surface area contributed by atoms with Crippen LogP contribution in [0.2, 0.25) is 0 Å². The Bertz CT molecular complexity index is 1050. The zero-order chi connectivity index (χ0) is 27.6. The first-order chi connectivity index (χ1) is 18.4. The number of ether oxygens (including phenoxy) is 2. The number of carbonyl (C=O) groups excluding carboxylic acids is 2. The lowest BCUT2D eigenvalue weighted by Gasteiger charge is -2.02. The summed E-state index contributed by atoms with van der Waals surface area (Å²) in [6, 6.07) is 12.2. The number of rotatable bonds is 17. The van der Waals surface area contributed by atoms with Crippen molar-refractivity contribution in [3.8, 4) is 22.6 Å². The van der Waals surface area contributed by atoms with E-state index in [9.17, 15) is 19.2 Å². The highest BCUT2D eigenvalue weighted by Gasteiger charge is 2.10. The van der Waals surface area contributed by atoms with Gasteiger partial charge in [0, 0.05) is 12.8 Å². The smallest absolute Gasteiger partial charge is 0.311 e. The highest BCUT2D eigenvalue weighted by atomic mass is 16.5. The standard InChI is InChI=1S/C32H42O6/c1-3-5-7-9-11-13-15-31(35)37-29-23-19-25(17-21-27(29)33)26-18-22-28(34)30(24-20-26)38-32(36)16-14-12-10-8-6-4-2/h17-24H,3-16H2,1-2H3. The fourth-order valence-electron chi connectivity index (χ4n) is 4.10. The molecule has 0 aliphatic carbocycles. The van der Waals surface area contributed by atoms with Crippen LogP contribution in [0.3, 0.4) is 0 Å². The summed E-state index contributed by atoms with van der Waals surface area (Å²) in [6.07, 6.45) is 13.2. The second kappa shape index (κ2) is 18.1. The van der Waals surface area contributed by atoms with Gasteiger partial charge in [-0.2, -0.15) is 0 Å². The third kappa shape index (κ3) is 11.8. The van der Waals surface area contributed by atoms with Crippen LogP contribution in [0.4, 0.5) is 0 Å². The molecule has 0 amide bonds. The minimum atomic E-state index is -0.417. The van der Waals surface area contributed by atoms with E-state index in [1.807, 2.05) is 0 Å². The van der Waals surface area contributed by atoms with Gasteiger partial charge < -0.3 is 9.47 Å². The fraction of sp³-hybridized carbons (Fsp3) is 0.500. The topological polar surface area (TPSA) is 86.7 Å². The first-order valence-corrected chi connectivity index (χ1v) is 14.1. The van der Waals surface area contributed by atoms with Crippen molar-refractivity contribution in [3.63, 3.8) is 0 Å². The quantitative estimate of drug-likeness (QED) is 0.159. The summed E-state index contributed by atoms with van der Waals surface area (Å²) in [5, 5.41) is 0. The summed E-state index contributed by atoms with van der Waals surface area (Å²) < 4.78 is 10.6. The van der Waals surface area contributed by atoms with Crippen LogP contribution >= 0.6 is 0 Å². The van der Waals surface area contributed by atoms with Crippen LogP contribution in [0.5, 0.6) is 11.5 Å². The summed E-state index contributed by atoms with van der Waals surface area (Å²) in [4.78, 5) is 49.3. The van der Waals surface area contributed by atoms with Gasteiger partial charge in [0.25, 0.3) is 0 Å². The Morgan fingerprint density at radius 2 is 0.842 bits per heavy atom. The van der Waals surface area contributed by atoms with Gasteiger partial charge >= 0.3 is 11.9 Å². The SMILES string of the molecule is CCCCCCCCC(=O)Oc1ccc(-c2ccc(OC(=O)CCCCCCCC)c(=O)cc2)ccc1=O. The summed E-state index contributed by atoms with van der Waals surface area (Å²) >= 11 is 0. The Kier molecular flexibility index (Phi) is 14.7. The van der Waals surface area contributed by atoms with E-state index in [0.29, 0.717) is 11.1 Å². The number of hydrogen-bond donors (Lipinski definition) is 0. The van der Waals surface area contributed by atoms with Crippen molar-refractivity contribution in [2.75, 3.05) is 0 Å². The molecule has 0 aliphatic rings. The molecule has 6 heteroatoms. The number of esters is 2. The first-order valence-electron chi connectivity index (χ1n) is 14.1. The Morgan fingerprint density at radius 3 is 1.24 bits per heavy atom. The average Bonchev–Trinajstić information content (AvgIpc) is 3.19. The molecule has 2 aromatic rings. The van der Waals surface area contributed by atoms with Gasteiger partial charge in [-0.15, -0.1) is 0 Å². The molecule has 206 valence electrons. The minimum Gasteiger partial charge on any atom is -0.422 e. The summed E-state index contributed by atoms with van der Waals surface area (Å²) in [5.74, 6) is -0.887. The van der Waals surface area contributed by atoms with Crippen molar-refractivity contribution in [1.82, 2.24) is 0 Å². The van der Waals surface area contributed by atoms with Gasteiger partial charge in [-0.1, -0.05) is 102 Å². The van der Waals surface area contributed by atoms with E-state index >= 15 is 0 Å². The molecule has 38 heavy (non-hydrogen) atoms. The second-order valence-corrected chi connectivity index (χ2v) is 9.68. The van der Waals surface area contributed by atoms with Crippen molar-refractivity contribution >= 4 is 11.9 Å². The van der Waals surface area contributed by atoms with E-state index in [0.717, 1.165) is 38.5 Å². The highest BCUT2D eigenvalue weighted by molar-refractivity contribution is 5.73. The predicted octanol–water partition coefficient (Wildman–Crippen LogP) is 7.39. The van der Waals surface area contributed by atoms with Crippen LogP contribution < -0.4 is 20.3 Å². The Morgan fingerprint density at radius 1 is 0.500 bits per heavy atom. The molecule has 0 aliphatic heterocycles. The molecule has 0 aromatic heterocycles. The molecular weight excluding hydrogens is 480 g/mol. The van der Waals surface area contributed by atoms with Crippen LogP contribution in [0, 0.1) is 0 Å². The fourth-order valence-corrected chi connectivity index (χ4v) is 4.10. The maximum absolute atomic E-state index is 12.5. The maximum atomic E-state index is 12.5. The number of carbonyl (C=O) groups is 2. The van der Waals surface area contributed by atoms with Crippen LogP contribution in [-0.2, 0) is 9.59 Å². The average molecular weight is 523 g/mol. The second-order valence-electron chi connectivity index (χ2n) is 9.68. The van der Waals surface area contributed by atoms with Crippen molar-refractivity contribution in [2.24, 2.45) is 0 Å². The van der Waals surface area contributed by atoms with E-state index in [2.05, 4.69) is 13.8 Å². The largest absolute Gasteiger partial charge is 0.422 e. The molecular formula is C32H42O6. The maximum Gasteiger partial charge on any atom is 0.311 e. The third-order valence-electron chi connectivity index (χ3n) is 6.39. The summed E-state index contributed by atoms with van der Waals surface area (Å²) in [5.41, 5.74) is 0.504. The van der Waals surface area contributed by atoms with Gasteiger partial charge in [0.1, 0.15) is 0 Å². The predicted molar refractivity (Wildman–Crippen MR) is 152 cm³/mol. The molecule has 2 rings (SSSR count). The molecule has 0 fully saturated rings. The molecule has 6 nitrogen and oxygen atoms in total. The lowest BCUT2D eigenvalue weighted by Crippen LogP contribution is -2.12.